The van der Waals surface area contributed by atoms with Gasteiger partial charge in [-0.3, -0.25) is 4.90 Å². The Morgan fingerprint density at radius 1 is 1.39 bits per heavy atom. The van der Waals surface area contributed by atoms with Crippen molar-refractivity contribution in [1.29, 1.82) is 0 Å². The van der Waals surface area contributed by atoms with Gasteiger partial charge >= 0.3 is 0 Å². The summed E-state index contributed by atoms with van der Waals surface area (Å²) >= 11 is 5.10. The highest BCUT2D eigenvalue weighted by Gasteiger charge is 2.21. The topological polar surface area (TPSA) is 38.5 Å². The molecule has 0 bridgehead atoms. The first kappa shape index (κ1) is 17.8. The van der Waals surface area contributed by atoms with Crippen LogP contribution in [-0.4, -0.2) is 42.7 Å². The number of methoxy groups -OCH3 is 1. The van der Waals surface area contributed by atoms with E-state index in [9.17, 15) is 0 Å². The van der Waals surface area contributed by atoms with Crippen molar-refractivity contribution < 1.29 is 4.74 Å². The van der Waals surface area contributed by atoms with Gasteiger partial charge in [-0.15, -0.1) is 0 Å². The molecule has 0 aromatic heterocycles. The van der Waals surface area contributed by atoms with Gasteiger partial charge in [0.25, 0.3) is 0 Å². The van der Waals surface area contributed by atoms with Crippen molar-refractivity contribution in [3.63, 3.8) is 0 Å². The SMILES string of the molecule is CCC(C)N(CCCC(C)(C)C(N)=S)CCOC. The molecular weight excluding hydrogens is 244 g/mol. The Labute approximate surface area is 118 Å². The highest BCUT2D eigenvalue weighted by Crippen LogP contribution is 2.23. The second-order valence-corrected chi connectivity index (χ2v) is 6.08. The Bertz CT molecular complexity index is 244. The van der Waals surface area contributed by atoms with Gasteiger partial charge in [0.1, 0.15) is 0 Å². The lowest BCUT2D eigenvalue weighted by Crippen LogP contribution is -2.37. The Kier molecular flexibility index (Phi) is 8.74. The van der Waals surface area contributed by atoms with E-state index in [4.69, 9.17) is 22.7 Å². The first-order valence-corrected chi connectivity index (χ1v) is 7.28. The molecule has 0 rings (SSSR count). The maximum Gasteiger partial charge on any atom is 0.0784 e. The van der Waals surface area contributed by atoms with Gasteiger partial charge in [0.05, 0.1) is 11.6 Å². The van der Waals surface area contributed by atoms with E-state index in [0.717, 1.165) is 32.5 Å². The minimum Gasteiger partial charge on any atom is -0.393 e. The normalized spacial score (nSPS) is 13.9. The Hall–Kier alpha value is -0.190. The fraction of sp³-hybridized carbons (Fsp3) is 0.929. The van der Waals surface area contributed by atoms with Gasteiger partial charge in [-0.2, -0.15) is 0 Å². The number of hydrogen-bond acceptors (Lipinski definition) is 3. The molecule has 18 heavy (non-hydrogen) atoms. The van der Waals surface area contributed by atoms with Gasteiger partial charge in [-0.25, -0.2) is 0 Å². The lowest BCUT2D eigenvalue weighted by molar-refractivity contribution is 0.120. The van der Waals surface area contributed by atoms with Crippen LogP contribution in [0.3, 0.4) is 0 Å². The first-order chi connectivity index (χ1) is 8.35. The third-order valence-electron chi connectivity index (χ3n) is 3.71. The van der Waals surface area contributed by atoms with Gasteiger partial charge < -0.3 is 10.5 Å². The predicted octanol–water partition coefficient (Wildman–Crippen LogP) is 2.83. The van der Waals surface area contributed by atoms with Crippen molar-refractivity contribution in [2.75, 3.05) is 26.8 Å². The fourth-order valence-electron chi connectivity index (χ4n) is 1.87. The molecule has 0 aliphatic rings. The summed E-state index contributed by atoms with van der Waals surface area (Å²) in [7, 11) is 1.75. The molecule has 0 radical (unpaired) electrons. The molecule has 0 spiro atoms. The summed E-state index contributed by atoms with van der Waals surface area (Å²) in [5, 5.41) is 0. The molecule has 0 aromatic rings. The maximum absolute atomic E-state index is 5.75. The van der Waals surface area contributed by atoms with E-state index >= 15 is 0 Å². The molecular formula is C14H30N2OS. The standard InChI is InChI=1S/C14H30N2OS/c1-6-12(2)16(10-11-17-5)9-7-8-14(3,4)13(15)18/h12H,6-11H2,1-5H3,(H2,15,18). The first-order valence-electron chi connectivity index (χ1n) is 6.88. The van der Waals surface area contributed by atoms with E-state index in [2.05, 4.69) is 32.6 Å². The van der Waals surface area contributed by atoms with E-state index in [-0.39, 0.29) is 5.41 Å². The molecule has 0 saturated carbocycles. The minimum atomic E-state index is -0.0300. The van der Waals surface area contributed by atoms with Crippen LogP contribution in [0.4, 0.5) is 0 Å². The molecule has 4 heteroatoms. The van der Waals surface area contributed by atoms with Crippen LogP contribution in [0.1, 0.15) is 47.0 Å². The van der Waals surface area contributed by atoms with Gasteiger partial charge in [0.2, 0.25) is 0 Å². The monoisotopic (exact) mass is 274 g/mol. The number of ether oxygens (including phenoxy) is 1. The van der Waals surface area contributed by atoms with Crippen LogP contribution in [0.2, 0.25) is 0 Å². The molecule has 1 atom stereocenters. The molecule has 0 aliphatic heterocycles. The number of nitrogens with two attached hydrogens (primary N) is 1. The zero-order valence-corrected chi connectivity index (χ0v) is 13.5. The largest absolute Gasteiger partial charge is 0.393 e. The van der Waals surface area contributed by atoms with Crippen molar-refractivity contribution in [2.45, 2.75) is 53.0 Å². The van der Waals surface area contributed by atoms with Crippen molar-refractivity contribution in [2.24, 2.45) is 11.1 Å². The van der Waals surface area contributed by atoms with E-state index < -0.39 is 0 Å². The molecule has 3 nitrogen and oxygen atoms in total. The van der Waals surface area contributed by atoms with Gasteiger partial charge in [0.15, 0.2) is 0 Å². The van der Waals surface area contributed by atoms with Crippen molar-refractivity contribution >= 4 is 17.2 Å². The van der Waals surface area contributed by atoms with Crippen molar-refractivity contribution in [3.8, 4) is 0 Å². The fourth-order valence-corrected chi connectivity index (χ4v) is 1.97. The molecule has 2 N–H and O–H groups in total. The average Bonchev–Trinajstić information content (AvgIpc) is 2.32. The van der Waals surface area contributed by atoms with E-state index in [1.54, 1.807) is 7.11 Å². The summed E-state index contributed by atoms with van der Waals surface area (Å²) in [6.45, 7) is 11.6. The number of hydrogen-bond donors (Lipinski definition) is 1. The van der Waals surface area contributed by atoms with Gasteiger partial charge in [-0.05, 0) is 32.7 Å². The van der Waals surface area contributed by atoms with Crippen LogP contribution >= 0.6 is 12.2 Å². The molecule has 0 fully saturated rings. The summed E-state index contributed by atoms with van der Waals surface area (Å²) in [5.74, 6) is 0. The summed E-state index contributed by atoms with van der Waals surface area (Å²) in [6.07, 6.45) is 3.34. The van der Waals surface area contributed by atoms with Crippen LogP contribution in [0, 0.1) is 5.41 Å². The van der Waals surface area contributed by atoms with Gasteiger partial charge in [-0.1, -0.05) is 33.0 Å². The molecule has 0 amide bonds. The Morgan fingerprint density at radius 2 is 2.00 bits per heavy atom. The number of nitrogens with zero attached hydrogens (tertiary/aromatic N) is 1. The molecule has 108 valence electrons. The summed E-state index contributed by atoms with van der Waals surface area (Å²) in [5.41, 5.74) is 5.72. The zero-order valence-electron chi connectivity index (χ0n) is 12.7. The van der Waals surface area contributed by atoms with Crippen LogP contribution in [-0.2, 0) is 4.74 Å². The van der Waals surface area contributed by atoms with E-state index in [1.165, 1.54) is 6.42 Å². The van der Waals surface area contributed by atoms with Crippen LogP contribution in [0.25, 0.3) is 0 Å². The molecule has 0 aromatic carbocycles. The van der Waals surface area contributed by atoms with Crippen LogP contribution < -0.4 is 5.73 Å². The predicted molar refractivity (Wildman–Crippen MR) is 83.0 cm³/mol. The second-order valence-electron chi connectivity index (χ2n) is 5.64. The maximum atomic E-state index is 5.75. The Balaban J connectivity index is 4.14. The molecule has 0 heterocycles. The Morgan fingerprint density at radius 3 is 2.44 bits per heavy atom. The van der Waals surface area contributed by atoms with E-state index in [0.29, 0.717) is 11.0 Å². The van der Waals surface area contributed by atoms with Gasteiger partial charge in [0, 0.05) is 25.1 Å². The highest BCUT2D eigenvalue weighted by molar-refractivity contribution is 7.80. The third-order valence-corrected chi connectivity index (χ3v) is 4.26. The molecule has 1 unspecified atom stereocenters. The summed E-state index contributed by atoms with van der Waals surface area (Å²) in [6, 6.07) is 0.605. The van der Waals surface area contributed by atoms with E-state index in [1.807, 2.05) is 0 Å². The third kappa shape index (κ3) is 6.66. The number of rotatable bonds is 10. The minimum absolute atomic E-state index is 0.0300. The average molecular weight is 274 g/mol. The second kappa shape index (κ2) is 8.83. The van der Waals surface area contributed by atoms with Crippen LogP contribution in [0.15, 0.2) is 0 Å². The zero-order chi connectivity index (χ0) is 14.2. The van der Waals surface area contributed by atoms with Crippen molar-refractivity contribution in [3.05, 3.63) is 0 Å². The van der Waals surface area contributed by atoms with Crippen LogP contribution in [0.5, 0.6) is 0 Å². The smallest absolute Gasteiger partial charge is 0.0784 e. The lowest BCUT2D eigenvalue weighted by Gasteiger charge is -2.30. The molecule has 0 saturated heterocycles. The van der Waals surface area contributed by atoms with Crippen molar-refractivity contribution in [1.82, 2.24) is 4.90 Å². The quantitative estimate of drug-likeness (QED) is 0.622. The summed E-state index contributed by atoms with van der Waals surface area (Å²) < 4.78 is 5.17. The molecule has 0 aliphatic carbocycles. The number of thiocarbonyl (C=S) groups is 1. The summed E-state index contributed by atoms with van der Waals surface area (Å²) in [4.78, 5) is 3.11. The lowest BCUT2D eigenvalue weighted by atomic mass is 9.88. The highest BCUT2D eigenvalue weighted by atomic mass is 32.1.